The average molecular weight is 440 g/mol. The number of ether oxygens (including phenoxy) is 1. The molecule has 4 rings (SSSR count). The standard InChI is InChI=1S/C21H17N3O4S2/c22-20-23-18(25)16(29-20)12-13-6-8-15(9-7-13)28-11-10-24-19(26)17(30-21(24)27)14-4-2-1-3-5-14/h1-9,12,17H,10-11H2,(H2,22,23,25)/b16-12+. The monoisotopic (exact) mass is 439 g/mol. The van der Waals surface area contributed by atoms with Crippen LogP contribution in [0, 0.1) is 5.41 Å². The maximum absolute atomic E-state index is 12.6. The maximum atomic E-state index is 12.6. The lowest BCUT2D eigenvalue weighted by molar-refractivity contribution is -0.127. The fourth-order valence-corrected chi connectivity index (χ4v) is 4.73. The van der Waals surface area contributed by atoms with Gasteiger partial charge >= 0.3 is 0 Å². The Bertz CT molecular complexity index is 1040. The first-order chi connectivity index (χ1) is 14.5. The summed E-state index contributed by atoms with van der Waals surface area (Å²) >= 11 is 2.10. The van der Waals surface area contributed by atoms with Crippen molar-refractivity contribution in [2.45, 2.75) is 5.25 Å². The Hall–Kier alpha value is -3.04. The Kier molecular flexibility index (Phi) is 5.91. The van der Waals surface area contributed by atoms with Gasteiger partial charge in [0.2, 0.25) is 5.91 Å². The molecule has 0 spiro atoms. The van der Waals surface area contributed by atoms with E-state index in [9.17, 15) is 14.4 Å². The van der Waals surface area contributed by atoms with Crippen LogP contribution >= 0.6 is 23.5 Å². The number of amidine groups is 1. The molecule has 7 nitrogen and oxygen atoms in total. The van der Waals surface area contributed by atoms with Crippen LogP contribution in [0.3, 0.4) is 0 Å². The third kappa shape index (κ3) is 4.42. The summed E-state index contributed by atoms with van der Waals surface area (Å²) in [6, 6.07) is 16.4. The predicted molar refractivity (Wildman–Crippen MR) is 117 cm³/mol. The lowest BCUT2D eigenvalue weighted by atomic mass is 10.1. The van der Waals surface area contributed by atoms with E-state index in [1.54, 1.807) is 30.3 Å². The van der Waals surface area contributed by atoms with E-state index >= 15 is 0 Å². The molecule has 0 aromatic heterocycles. The normalized spacial score (nSPS) is 20.2. The van der Waals surface area contributed by atoms with Gasteiger partial charge in [0, 0.05) is 0 Å². The minimum absolute atomic E-state index is 0.116. The molecule has 30 heavy (non-hydrogen) atoms. The number of hydrogen-bond donors (Lipinski definition) is 2. The number of nitrogens with zero attached hydrogens (tertiary/aromatic N) is 1. The van der Waals surface area contributed by atoms with Crippen LogP contribution < -0.4 is 10.1 Å². The smallest absolute Gasteiger partial charge is 0.289 e. The second-order valence-corrected chi connectivity index (χ2v) is 8.58. The van der Waals surface area contributed by atoms with Gasteiger partial charge in [0.05, 0.1) is 11.4 Å². The van der Waals surface area contributed by atoms with Crippen molar-refractivity contribution in [3.63, 3.8) is 0 Å². The van der Waals surface area contributed by atoms with E-state index in [2.05, 4.69) is 5.32 Å². The van der Waals surface area contributed by atoms with E-state index in [-0.39, 0.29) is 35.4 Å². The molecule has 1 atom stereocenters. The highest BCUT2D eigenvalue weighted by Gasteiger charge is 2.40. The number of rotatable bonds is 6. The molecule has 2 heterocycles. The van der Waals surface area contributed by atoms with Crippen molar-refractivity contribution in [3.05, 3.63) is 70.6 Å². The molecule has 0 bridgehead atoms. The van der Waals surface area contributed by atoms with E-state index in [1.165, 1.54) is 4.90 Å². The summed E-state index contributed by atoms with van der Waals surface area (Å²) in [5, 5.41) is 9.24. The van der Waals surface area contributed by atoms with Gasteiger partial charge < -0.3 is 10.1 Å². The van der Waals surface area contributed by atoms with Crippen molar-refractivity contribution < 1.29 is 19.1 Å². The van der Waals surface area contributed by atoms with Crippen LogP contribution in [0.25, 0.3) is 6.08 Å². The van der Waals surface area contributed by atoms with Gasteiger partial charge in [-0.25, -0.2) is 0 Å². The number of amides is 3. The van der Waals surface area contributed by atoms with E-state index in [0.29, 0.717) is 10.7 Å². The molecule has 0 radical (unpaired) electrons. The van der Waals surface area contributed by atoms with Crippen LogP contribution in [0.1, 0.15) is 16.4 Å². The second kappa shape index (κ2) is 8.76. The lowest BCUT2D eigenvalue weighted by Crippen LogP contribution is -2.33. The Balaban J connectivity index is 1.32. The summed E-state index contributed by atoms with van der Waals surface area (Å²) in [4.78, 5) is 38.2. The van der Waals surface area contributed by atoms with Crippen LogP contribution in [0.15, 0.2) is 59.5 Å². The van der Waals surface area contributed by atoms with E-state index in [0.717, 1.165) is 34.7 Å². The van der Waals surface area contributed by atoms with E-state index in [1.807, 2.05) is 30.3 Å². The highest BCUT2D eigenvalue weighted by atomic mass is 32.2. The Labute approximate surface area is 181 Å². The zero-order chi connectivity index (χ0) is 21.1. The minimum Gasteiger partial charge on any atom is -0.492 e. The van der Waals surface area contributed by atoms with E-state index in [4.69, 9.17) is 10.1 Å². The Morgan fingerprint density at radius 2 is 1.80 bits per heavy atom. The molecule has 152 valence electrons. The molecule has 2 aromatic carbocycles. The van der Waals surface area contributed by atoms with Gasteiger partial charge in [-0.15, -0.1) is 0 Å². The third-order valence-corrected chi connectivity index (χ3v) is 6.42. The molecular weight excluding hydrogens is 422 g/mol. The molecule has 2 aliphatic rings. The highest BCUT2D eigenvalue weighted by Crippen LogP contribution is 2.38. The van der Waals surface area contributed by atoms with Gasteiger partial charge in [-0.05, 0) is 52.9 Å². The molecule has 1 unspecified atom stereocenters. The minimum atomic E-state index is -0.502. The molecule has 2 saturated heterocycles. The van der Waals surface area contributed by atoms with Crippen molar-refractivity contribution in [1.82, 2.24) is 10.2 Å². The first kappa shape index (κ1) is 20.2. The average Bonchev–Trinajstić information content (AvgIpc) is 3.21. The first-order valence-corrected chi connectivity index (χ1v) is 10.8. The van der Waals surface area contributed by atoms with Gasteiger partial charge in [-0.2, -0.15) is 0 Å². The number of thioether (sulfide) groups is 2. The van der Waals surface area contributed by atoms with Crippen LogP contribution in [0.5, 0.6) is 5.75 Å². The fraction of sp³-hybridized carbons (Fsp3) is 0.143. The summed E-state index contributed by atoms with van der Waals surface area (Å²) in [5.74, 6) is 0.0939. The van der Waals surface area contributed by atoms with Gasteiger partial charge in [-0.1, -0.05) is 42.5 Å². The van der Waals surface area contributed by atoms with Gasteiger partial charge in [0.25, 0.3) is 11.1 Å². The van der Waals surface area contributed by atoms with E-state index < -0.39 is 5.25 Å². The number of carbonyl (C=O) groups excluding carboxylic acids is 3. The van der Waals surface area contributed by atoms with Gasteiger partial charge in [0.15, 0.2) is 5.17 Å². The molecule has 9 heteroatoms. The van der Waals surface area contributed by atoms with Crippen LogP contribution in [-0.4, -0.2) is 40.3 Å². The van der Waals surface area contributed by atoms with Crippen molar-refractivity contribution >= 4 is 51.8 Å². The topological polar surface area (TPSA) is 99.6 Å². The summed E-state index contributed by atoms with van der Waals surface area (Å²) in [5.41, 5.74) is 1.62. The van der Waals surface area contributed by atoms with Crippen LogP contribution in [-0.2, 0) is 9.59 Å². The molecule has 2 fully saturated rings. The largest absolute Gasteiger partial charge is 0.492 e. The van der Waals surface area contributed by atoms with Crippen molar-refractivity contribution in [2.75, 3.05) is 13.2 Å². The Morgan fingerprint density at radius 3 is 2.47 bits per heavy atom. The summed E-state index contributed by atoms with van der Waals surface area (Å²) in [6.07, 6.45) is 1.70. The Morgan fingerprint density at radius 1 is 1.07 bits per heavy atom. The first-order valence-electron chi connectivity index (χ1n) is 9.10. The molecule has 3 amide bonds. The SMILES string of the molecule is N=C1NC(=O)/C(=C\c2ccc(OCCN3C(=O)SC(c4ccccc4)C3=O)cc2)S1. The maximum Gasteiger partial charge on any atom is 0.289 e. The fourth-order valence-electron chi connectivity index (χ4n) is 2.99. The van der Waals surface area contributed by atoms with Crippen molar-refractivity contribution in [1.29, 1.82) is 5.41 Å². The second-order valence-electron chi connectivity index (χ2n) is 6.48. The molecule has 2 N–H and O–H groups in total. The molecule has 2 aliphatic heterocycles. The third-order valence-electron chi connectivity index (χ3n) is 4.46. The zero-order valence-electron chi connectivity index (χ0n) is 15.7. The molecule has 2 aromatic rings. The summed E-state index contributed by atoms with van der Waals surface area (Å²) < 4.78 is 5.67. The zero-order valence-corrected chi connectivity index (χ0v) is 17.3. The lowest BCUT2D eigenvalue weighted by Gasteiger charge is -2.14. The predicted octanol–water partition coefficient (Wildman–Crippen LogP) is 3.64. The number of carbonyl (C=O) groups is 3. The molecule has 0 aliphatic carbocycles. The van der Waals surface area contributed by atoms with Crippen molar-refractivity contribution in [2.24, 2.45) is 0 Å². The number of hydrogen-bond acceptors (Lipinski definition) is 7. The molecule has 0 saturated carbocycles. The summed E-state index contributed by atoms with van der Waals surface area (Å²) in [7, 11) is 0. The van der Waals surface area contributed by atoms with Crippen LogP contribution in [0.4, 0.5) is 4.79 Å². The molecular formula is C21H17N3O4S2. The van der Waals surface area contributed by atoms with Gasteiger partial charge in [-0.3, -0.25) is 24.7 Å². The number of nitrogens with one attached hydrogen (secondary N) is 2. The quantitative estimate of drug-likeness (QED) is 0.667. The number of benzene rings is 2. The van der Waals surface area contributed by atoms with Crippen molar-refractivity contribution in [3.8, 4) is 5.75 Å². The van der Waals surface area contributed by atoms with Gasteiger partial charge in [0.1, 0.15) is 17.6 Å². The highest BCUT2D eigenvalue weighted by molar-refractivity contribution is 8.18. The van der Waals surface area contributed by atoms with Crippen LogP contribution in [0.2, 0.25) is 0 Å². The number of imide groups is 1. The summed E-state index contributed by atoms with van der Waals surface area (Å²) in [6.45, 7) is 0.369.